The quantitative estimate of drug-likeness (QED) is 0.127. The lowest BCUT2D eigenvalue weighted by Gasteiger charge is -2.58. The summed E-state index contributed by atoms with van der Waals surface area (Å²) in [6, 6.07) is 0. The number of hydrogen-bond donors (Lipinski definition) is 0. The van der Waals surface area contributed by atoms with Gasteiger partial charge in [0.15, 0.2) is 0 Å². The Balaban J connectivity index is 0.000000364. The zero-order valence-electron chi connectivity index (χ0n) is 25.5. The second-order valence-electron chi connectivity index (χ2n) is 14.2. The number of unbranched alkanes of at least 4 members (excludes halogenated alkanes) is 1. The molecule has 7 unspecified atom stereocenters. The minimum absolute atomic E-state index is 0.384. The van der Waals surface area contributed by atoms with E-state index in [1.807, 2.05) is 26.1 Å². The van der Waals surface area contributed by atoms with Gasteiger partial charge in [-0.3, -0.25) is 4.79 Å². The Bertz CT molecular complexity index is 785. The lowest BCUT2D eigenvalue weighted by molar-refractivity contribution is -0.105. The van der Waals surface area contributed by atoms with Crippen LogP contribution in [-0.4, -0.2) is 45.0 Å². The van der Waals surface area contributed by atoms with Crippen LogP contribution in [0.5, 0.6) is 0 Å². The van der Waals surface area contributed by atoms with E-state index in [2.05, 4.69) is 40.3 Å². The van der Waals surface area contributed by atoms with Crippen LogP contribution in [-0.2, 0) is 9.53 Å². The molecule has 3 saturated carbocycles. The summed E-state index contributed by atoms with van der Waals surface area (Å²) in [6.07, 6.45) is 21.8. The molecular weight excluding hydrogens is 454 g/mol. The fourth-order valence-corrected chi connectivity index (χ4v) is 8.83. The lowest BCUT2D eigenvalue weighted by Crippen LogP contribution is -2.50. The second-order valence-corrected chi connectivity index (χ2v) is 14.2. The first kappa shape index (κ1) is 30.6. The fraction of sp³-hybridized carbons (Fsp3) is 0.853. The summed E-state index contributed by atoms with van der Waals surface area (Å²) in [5.74, 6) is 4.85. The molecule has 0 N–H and O–H groups in total. The monoisotopic (exact) mass is 513 g/mol. The molecule has 4 aliphatic carbocycles. The van der Waals surface area contributed by atoms with Crippen LogP contribution < -0.4 is 0 Å². The number of allylic oxidation sites excluding steroid dienone is 1. The van der Waals surface area contributed by atoms with E-state index in [1.165, 1.54) is 77.0 Å². The number of rotatable bonds is 10. The highest BCUT2D eigenvalue weighted by atomic mass is 16.5. The van der Waals surface area contributed by atoms with E-state index >= 15 is 0 Å². The highest BCUT2D eigenvalue weighted by molar-refractivity contribution is 5.71. The van der Waals surface area contributed by atoms with Crippen LogP contribution in [0.15, 0.2) is 23.8 Å². The molecule has 0 radical (unpaired) electrons. The molecule has 3 heteroatoms. The maximum atomic E-state index is 10.00. The van der Waals surface area contributed by atoms with Crippen molar-refractivity contribution < 1.29 is 9.53 Å². The molecule has 212 valence electrons. The molecule has 0 amide bonds. The van der Waals surface area contributed by atoms with Crippen molar-refractivity contribution in [2.24, 2.45) is 40.4 Å². The molecule has 4 rings (SSSR count). The average molecular weight is 514 g/mol. The van der Waals surface area contributed by atoms with Gasteiger partial charge in [0.1, 0.15) is 6.29 Å². The van der Waals surface area contributed by atoms with E-state index in [0.29, 0.717) is 22.5 Å². The Morgan fingerprint density at radius 1 is 1.11 bits per heavy atom. The normalized spacial score (nSPS) is 36.7. The van der Waals surface area contributed by atoms with Crippen LogP contribution in [0.4, 0.5) is 0 Å². The summed E-state index contributed by atoms with van der Waals surface area (Å²) < 4.78 is 5.71. The van der Waals surface area contributed by atoms with Gasteiger partial charge in [0.2, 0.25) is 0 Å². The van der Waals surface area contributed by atoms with Crippen molar-refractivity contribution in [3.05, 3.63) is 23.8 Å². The Kier molecular flexibility index (Phi) is 11.1. The average Bonchev–Trinajstić information content (AvgIpc) is 3.21. The predicted octanol–water partition coefficient (Wildman–Crippen LogP) is 8.49. The van der Waals surface area contributed by atoms with E-state index in [9.17, 15) is 4.79 Å². The van der Waals surface area contributed by atoms with Crippen molar-refractivity contribution in [2.45, 2.75) is 117 Å². The van der Waals surface area contributed by atoms with Gasteiger partial charge in [0.25, 0.3) is 0 Å². The molecule has 3 nitrogen and oxygen atoms in total. The van der Waals surface area contributed by atoms with Crippen molar-refractivity contribution in [2.75, 3.05) is 27.7 Å². The Morgan fingerprint density at radius 2 is 1.86 bits per heavy atom. The summed E-state index contributed by atoms with van der Waals surface area (Å²) in [4.78, 5) is 12.0. The molecule has 0 aromatic heterocycles. The number of ether oxygens (including phenoxy) is 1. The smallest absolute Gasteiger partial charge is 0.145 e. The Morgan fingerprint density at radius 3 is 2.51 bits per heavy atom. The number of carbonyl (C=O) groups is 1. The molecule has 0 bridgehead atoms. The molecule has 37 heavy (non-hydrogen) atoms. The van der Waals surface area contributed by atoms with Gasteiger partial charge in [-0.1, -0.05) is 65.2 Å². The minimum Gasteiger partial charge on any atom is -0.377 e. The van der Waals surface area contributed by atoms with E-state index in [0.717, 1.165) is 48.8 Å². The molecule has 0 spiro atoms. The van der Waals surface area contributed by atoms with Crippen LogP contribution in [0.2, 0.25) is 0 Å². The highest BCUT2D eigenvalue weighted by Gasteiger charge is 2.58. The molecule has 0 heterocycles. The third-order valence-electron chi connectivity index (χ3n) is 11.2. The van der Waals surface area contributed by atoms with Gasteiger partial charge in [-0.15, -0.1) is 0 Å². The van der Waals surface area contributed by atoms with Crippen molar-refractivity contribution >= 4 is 6.29 Å². The number of hydrogen-bond acceptors (Lipinski definition) is 3. The van der Waals surface area contributed by atoms with Gasteiger partial charge in [-0.05, 0) is 124 Å². The first-order valence-electron chi connectivity index (χ1n) is 15.6. The molecule has 0 aromatic rings. The van der Waals surface area contributed by atoms with Gasteiger partial charge in [0.05, 0.1) is 6.10 Å². The van der Waals surface area contributed by atoms with Gasteiger partial charge >= 0.3 is 0 Å². The Labute approximate surface area is 229 Å². The number of aldehydes is 1. The van der Waals surface area contributed by atoms with Crippen molar-refractivity contribution in [3.63, 3.8) is 0 Å². The van der Waals surface area contributed by atoms with Crippen molar-refractivity contribution in [1.82, 2.24) is 4.90 Å². The van der Waals surface area contributed by atoms with E-state index in [4.69, 9.17) is 4.74 Å². The standard InChI is InChI=1S/C27H46O.C7H13NO/c1-19(2)8-6-7-9-20-11-13-24-23-12-10-21-18-22(28-5)14-16-27(21,4)25(23)15-17-26(20,24)3;1-7(6-9)4-5-8(2)3/h18-20,22-25H,6-17H2,1-5H3;6H,1,4-5H2,2-3H3. The largest absolute Gasteiger partial charge is 0.377 e. The van der Waals surface area contributed by atoms with Gasteiger partial charge in [0, 0.05) is 13.7 Å². The number of methoxy groups -OCH3 is 1. The van der Waals surface area contributed by atoms with Crippen LogP contribution in [0, 0.1) is 40.4 Å². The van der Waals surface area contributed by atoms with E-state index in [1.54, 1.807) is 5.57 Å². The van der Waals surface area contributed by atoms with Crippen LogP contribution in [0.25, 0.3) is 0 Å². The van der Waals surface area contributed by atoms with Gasteiger partial charge in [-0.25, -0.2) is 0 Å². The minimum atomic E-state index is 0.384. The zero-order chi connectivity index (χ0) is 27.2. The topological polar surface area (TPSA) is 29.5 Å². The van der Waals surface area contributed by atoms with Gasteiger partial charge in [-0.2, -0.15) is 0 Å². The number of carbonyl (C=O) groups excluding carboxylic acids is 1. The molecule has 0 aromatic carbocycles. The second kappa shape index (κ2) is 13.4. The van der Waals surface area contributed by atoms with E-state index in [-0.39, 0.29) is 0 Å². The molecular formula is C34H59NO2. The van der Waals surface area contributed by atoms with Crippen molar-refractivity contribution in [3.8, 4) is 0 Å². The van der Waals surface area contributed by atoms with Gasteiger partial charge < -0.3 is 9.64 Å². The first-order valence-corrected chi connectivity index (χ1v) is 15.6. The molecule has 7 atom stereocenters. The van der Waals surface area contributed by atoms with Crippen molar-refractivity contribution in [1.29, 1.82) is 0 Å². The third-order valence-corrected chi connectivity index (χ3v) is 11.2. The molecule has 4 aliphatic rings. The number of nitrogens with zero attached hydrogens (tertiary/aromatic N) is 1. The molecule has 3 fully saturated rings. The lowest BCUT2D eigenvalue weighted by atomic mass is 9.46. The maximum absolute atomic E-state index is 10.00. The van der Waals surface area contributed by atoms with Crippen LogP contribution in [0.1, 0.15) is 111 Å². The fourth-order valence-electron chi connectivity index (χ4n) is 8.83. The summed E-state index contributed by atoms with van der Waals surface area (Å²) in [7, 11) is 5.83. The number of fused-ring (bicyclic) bond motifs is 5. The summed E-state index contributed by atoms with van der Waals surface area (Å²) in [5.41, 5.74) is 3.57. The first-order chi connectivity index (χ1) is 17.5. The summed E-state index contributed by atoms with van der Waals surface area (Å²) >= 11 is 0. The SMILES string of the molecule is C=C(C=O)CCN(C)C.COC1C=C2CCC3C(CCC4(C)C(CCCCC(C)C)CCC34)C2(C)CC1. The third kappa shape index (κ3) is 7.18. The zero-order valence-corrected chi connectivity index (χ0v) is 25.5. The maximum Gasteiger partial charge on any atom is 0.145 e. The summed E-state index contributed by atoms with van der Waals surface area (Å²) in [5, 5.41) is 0. The Hall–Kier alpha value is -0.930. The van der Waals surface area contributed by atoms with E-state index < -0.39 is 0 Å². The molecule has 0 saturated heterocycles. The summed E-state index contributed by atoms with van der Waals surface area (Å²) in [6.45, 7) is 14.5. The predicted molar refractivity (Wildman–Crippen MR) is 158 cm³/mol. The highest BCUT2D eigenvalue weighted by Crippen LogP contribution is 2.67. The van der Waals surface area contributed by atoms with Crippen LogP contribution >= 0.6 is 0 Å². The molecule has 0 aliphatic heterocycles. The van der Waals surface area contributed by atoms with Crippen LogP contribution in [0.3, 0.4) is 0 Å².